The van der Waals surface area contributed by atoms with Gasteiger partial charge in [-0.05, 0) is 50.6 Å². The second-order valence-corrected chi connectivity index (χ2v) is 6.25. The summed E-state index contributed by atoms with van der Waals surface area (Å²) in [6.45, 7) is 8.49. The van der Waals surface area contributed by atoms with Crippen molar-refractivity contribution in [2.45, 2.75) is 71.9 Å². The van der Waals surface area contributed by atoms with E-state index >= 15 is 0 Å². The lowest BCUT2D eigenvalue weighted by molar-refractivity contribution is 0.117. The van der Waals surface area contributed by atoms with E-state index in [0.717, 1.165) is 37.0 Å². The van der Waals surface area contributed by atoms with Gasteiger partial charge in [-0.2, -0.15) is 0 Å². The summed E-state index contributed by atoms with van der Waals surface area (Å²) in [7, 11) is 0. The molecule has 1 aromatic heterocycles. The van der Waals surface area contributed by atoms with Gasteiger partial charge in [0.2, 0.25) is 5.88 Å². The second kappa shape index (κ2) is 8.38. The summed E-state index contributed by atoms with van der Waals surface area (Å²) < 4.78 is 6.12. The number of hydrogen-bond donors (Lipinski definition) is 1. The van der Waals surface area contributed by atoms with E-state index in [-0.39, 0.29) is 0 Å². The minimum absolute atomic E-state index is 0.361. The van der Waals surface area contributed by atoms with Gasteiger partial charge in [0.25, 0.3) is 0 Å². The predicted octanol–water partition coefficient (Wildman–Crippen LogP) is 4.24. The third-order valence-electron chi connectivity index (χ3n) is 4.51. The summed E-state index contributed by atoms with van der Waals surface area (Å²) in [5.41, 5.74) is 2.35. The Morgan fingerprint density at radius 1 is 1.29 bits per heavy atom. The molecular weight excluding hydrogens is 260 g/mol. The summed E-state index contributed by atoms with van der Waals surface area (Å²) in [5.74, 6) is 1.64. The number of rotatable bonds is 7. The molecule has 0 aromatic carbocycles. The Morgan fingerprint density at radius 3 is 2.86 bits per heavy atom. The van der Waals surface area contributed by atoms with Gasteiger partial charge >= 0.3 is 0 Å². The molecule has 0 aliphatic heterocycles. The van der Waals surface area contributed by atoms with Gasteiger partial charge in [0, 0.05) is 18.3 Å². The fourth-order valence-corrected chi connectivity index (χ4v) is 3.11. The second-order valence-electron chi connectivity index (χ2n) is 6.25. The molecule has 21 heavy (non-hydrogen) atoms. The third-order valence-corrected chi connectivity index (χ3v) is 4.51. The lowest BCUT2D eigenvalue weighted by Crippen LogP contribution is -2.25. The van der Waals surface area contributed by atoms with Crippen molar-refractivity contribution in [2.24, 2.45) is 5.92 Å². The van der Waals surface area contributed by atoms with Crippen LogP contribution in [0.1, 0.15) is 63.6 Å². The lowest BCUT2D eigenvalue weighted by Gasteiger charge is -2.28. The van der Waals surface area contributed by atoms with E-state index in [1.807, 2.05) is 6.07 Å². The Morgan fingerprint density at radius 2 is 2.14 bits per heavy atom. The standard InChI is InChI=1S/C18H30N2O/c1-4-11-19-13-16-9-10-18(20-14(16)3)21-17-8-6-7-15(5-2)12-17/h9-10,15,17,19H,4-8,11-13H2,1-3H3. The highest BCUT2D eigenvalue weighted by Gasteiger charge is 2.22. The van der Waals surface area contributed by atoms with E-state index in [0.29, 0.717) is 6.10 Å². The molecule has 3 heteroatoms. The molecule has 1 aromatic rings. The first-order valence-corrected chi connectivity index (χ1v) is 8.56. The van der Waals surface area contributed by atoms with Crippen LogP contribution in [0.15, 0.2) is 12.1 Å². The van der Waals surface area contributed by atoms with Crippen molar-refractivity contribution in [3.05, 3.63) is 23.4 Å². The Kier molecular flexibility index (Phi) is 6.50. The third kappa shape index (κ3) is 4.99. The molecule has 3 nitrogen and oxygen atoms in total. The molecule has 0 spiro atoms. The summed E-state index contributed by atoms with van der Waals surface area (Å²) in [4.78, 5) is 4.63. The molecule has 0 saturated heterocycles. The van der Waals surface area contributed by atoms with Crippen molar-refractivity contribution >= 4 is 0 Å². The summed E-state index contributed by atoms with van der Waals surface area (Å²) >= 11 is 0. The first kappa shape index (κ1) is 16.3. The van der Waals surface area contributed by atoms with Crippen LogP contribution in [-0.4, -0.2) is 17.6 Å². The highest BCUT2D eigenvalue weighted by molar-refractivity contribution is 5.25. The van der Waals surface area contributed by atoms with Gasteiger partial charge in [-0.1, -0.05) is 32.8 Å². The van der Waals surface area contributed by atoms with Gasteiger partial charge in [0.1, 0.15) is 6.10 Å². The number of aryl methyl sites for hydroxylation is 1. The van der Waals surface area contributed by atoms with Crippen LogP contribution in [0.2, 0.25) is 0 Å². The fourth-order valence-electron chi connectivity index (χ4n) is 3.11. The van der Waals surface area contributed by atoms with Crippen LogP contribution in [0, 0.1) is 12.8 Å². The average Bonchev–Trinajstić information content (AvgIpc) is 2.50. The zero-order valence-corrected chi connectivity index (χ0v) is 13.8. The Bertz CT molecular complexity index is 433. The molecule has 2 unspecified atom stereocenters. The van der Waals surface area contributed by atoms with E-state index in [1.165, 1.54) is 37.7 Å². The molecule has 1 N–H and O–H groups in total. The maximum absolute atomic E-state index is 6.12. The number of nitrogens with one attached hydrogen (secondary N) is 1. The monoisotopic (exact) mass is 290 g/mol. The molecule has 0 radical (unpaired) electrons. The molecule has 0 amide bonds. The van der Waals surface area contributed by atoms with E-state index in [2.05, 4.69) is 37.1 Å². The van der Waals surface area contributed by atoms with E-state index in [4.69, 9.17) is 4.74 Å². The largest absolute Gasteiger partial charge is 0.474 e. The Balaban J connectivity index is 1.90. The van der Waals surface area contributed by atoms with Gasteiger partial charge in [0.15, 0.2) is 0 Å². The predicted molar refractivity (Wildman–Crippen MR) is 87.6 cm³/mol. The van der Waals surface area contributed by atoms with Gasteiger partial charge in [0.05, 0.1) is 0 Å². The van der Waals surface area contributed by atoms with E-state index in [1.54, 1.807) is 0 Å². The van der Waals surface area contributed by atoms with Crippen LogP contribution >= 0.6 is 0 Å². The molecule has 1 aliphatic carbocycles. The van der Waals surface area contributed by atoms with Crippen LogP contribution in [0.5, 0.6) is 5.88 Å². The van der Waals surface area contributed by atoms with Gasteiger partial charge in [-0.25, -0.2) is 4.98 Å². The number of aromatic nitrogens is 1. The normalized spacial score (nSPS) is 22.2. The van der Waals surface area contributed by atoms with Crippen molar-refractivity contribution in [3.63, 3.8) is 0 Å². The SMILES string of the molecule is CCCNCc1ccc(OC2CCCC(CC)C2)nc1C. The smallest absolute Gasteiger partial charge is 0.213 e. The Labute approximate surface area is 129 Å². The lowest BCUT2D eigenvalue weighted by atomic mass is 9.85. The van der Waals surface area contributed by atoms with E-state index in [9.17, 15) is 0 Å². The molecule has 0 bridgehead atoms. The minimum atomic E-state index is 0.361. The zero-order chi connectivity index (χ0) is 15.1. The summed E-state index contributed by atoms with van der Waals surface area (Å²) in [6, 6.07) is 4.19. The first-order valence-electron chi connectivity index (χ1n) is 8.56. The molecule has 118 valence electrons. The van der Waals surface area contributed by atoms with Crippen molar-refractivity contribution in [1.82, 2.24) is 10.3 Å². The maximum atomic E-state index is 6.12. The number of hydrogen-bond acceptors (Lipinski definition) is 3. The van der Waals surface area contributed by atoms with Crippen LogP contribution < -0.4 is 10.1 Å². The van der Waals surface area contributed by atoms with Crippen molar-refractivity contribution in [1.29, 1.82) is 0 Å². The number of pyridine rings is 1. The van der Waals surface area contributed by atoms with Crippen molar-refractivity contribution in [3.8, 4) is 5.88 Å². The first-order chi connectivity index (χ1) is 10.2. The minimum Gasteiger partial charge on any atom is -0.474 e. The molecular formula is C18H30N2O. The van der Waals surface area contributed by atoms with E-state index < -0.39 is 0 Å². The number of ether oxygens (including phenoxy) is 1. The molecule has 1 fully saturated rings. The quantitative estimate of drug-likeness (QED) is 0.763. The summed E-state index contributed by atoms with van der Waals surface area (Å²) in [5, 5.41) is 3.43. The highest BCUT2D eigenvalue weighted by Crippen LogP contribution is 2.29. The molecule has 2 rings (SSSR count). The van der Waals surface area contributed by atoms with Gasteiger partial charge in [-0.3, -0.25) is 0 Å². The summed E-state index contributed by atoms with van der Waals surface area (Å²) in [6.07, 6.45) is 7.82. The topological polar surface area (TPSA) is 34.1 Å². The highest BCUT2D eigenvalue weighted by atomic mass is 16.5. The number of nitrogens with zero attached hydrogens (tertiary/aromatic N) is 1. The molecule has 1 saturated carbocycles. The van der Waals surface area contributed by atoms with Crippen LogP contribution in [0.4, 0.5) is 0 Å². The molecule has 1 aliphatic rings. The molecule has 1 heterocycles. The van der Waals surface area contributed by atoms with Crippen molar-refractivity contribution < 1.29 is 4.74 Å². The Hall–Kier alpha value is -1.09. The molecule has 2 atom stereocenters. The van der Waals surface area contributed by atoms with Crippen LogP contribution in [0.3, 0.4) is 0 Å². The average molecular weight is 290 g/mol. The fraction of sp³-hybridized carbons (Fsp3) is 0.722. The zero-order valence-electron chi connectivity index (χ0n) is 13.8. The maximum Gasteiger partial charge on any atom is 0.213 e. The van der Waals surface area contributed by atoms with Crippen LogP contribution in [0.25, 0.3) is 0 Å². The van der Waals surface area contributed by atoms with Gasteiger partial charge < -0.3 is 10.1 Å². The van der Waals surface area contributed by atoms with Crippen molar-refractivity contribution in [2.75, 3.05) is 6.54 Å². The van der Waals surface area contributed by atoms with Crippen LogP contribution in [-0.2, 0) is 6.54 Å². The van der Waals surface area contributed by atoms with Gasteiger partial charge in [-0.15, -0.1) is 0 Å².